The van der Waals surface area contributed by atoms with Crippen LogP contribution in [0, 0.1) is 5.92 Å². The fourth-order valence-electron chi connectivity index (χ4n) is 2.36. The molecule has 3 aromatic rings. The van der Waals surface area contributed by atoms with Crippen molar-refractivity contribution >= 4 is 6.21 Å². The molecule has 0 bridgehead atoms. The first-order valence-electron chi connectivity index (χ1n) is 8.48. The van der Waals surface area contributed by atoms with Gasteiger partial charge in [-0.1, -0.05) is 44.2 Å². The van der Waals surface area contributed by atoms with Crippen LogP contribution in [0.3, 0.4) is 0 Å². The minimum atomic E-state index is 0.450. The summed E-state index contributed by atoms with van der Waals surface area (Å²) < 4.78 is 12.9. The van der Waals surface area contributed by atoms with Crippen molar-refractivity contribution in [3.8, 4) is 22.9 Å². The SMILES string of the molecule is COc1cc(/C=N\n2cnnc2-c2ccccc2)ccc1OCC(C)C. The second-order valence-electron chi connectivity index (χ2n) is 6.22. The predicted octanol–water partition coefficient (Wildman–Crippen LogP) is 3.87. The fraction of sp³-hybridized carbons (Fsp3) is 0.250. The van der Waals surface area contributed by atoms with Gasteiger partial charge >= 0.3 is 0 Å². The van der Waals surface area contributed by atoms with Gasteiger partial charge in [-0.3, -0.25) is 0 Å². The van der Waals surface area contributed by atoms with Crippen molar-refractivity contribution in [3.05, 3.63) is 60.4 Å². The van der Waals surface area contributed by atoms with E-state index >= 15 is 0 Å². The third-order valence-electron chi connectivity index (χ3n) is 3.65. The first-order chi connectivity index (χ1) is 12.7. The van der Waals surface area contributed by atoms with E-state index in [1.807, 2.05) is 48.5 Å². The number of rotatable bonds is 7. The van der Waals surface area contributed by atoms with Crippen LogP contribution >= 0.6 is 0 Å². The maximum absolute atomic E-state index is 5.78. The number of hydrogen-bond donors (Lipinski definition) is 0. The minimum Gasteiger partial charge on any atom is -0.493 e. The largest absolute Gasteiger partial charge is 0.493 e. The molecule has 0 amide bonds. The van der Waals surface area contributed by atoms with Crippen molar-refractivity contribution in [3.63, 3.8) is 0 Å². The van der Waals surface area contributed by atoms with Gasteiger partial charge in [0.1, 0.15) is 6.33 Å². The Morgan fingerprint density at radius 1 is 1.12 bits per heavy atom. The van der Waals surface area contributed by atoms with E-state index < -0.39 is 0 Å². The summed E-state index contributed by atoms with van der Waals surface area (Å²) in [7, 11) is 1.63. The molecule has 0 N–H and O–H groups in total. The molecule has 0 atom stereocenters. The summed E-state index contributed by atoms with van der Waals surface area (Å²) >= 11 is 0. The van der Waals surface area contributed by atoms with Crippen LogP contribution in [-0.2, 0) is 0 Å². The van der Waals surface area contributed by atoms with Gasteiger partial charge in [-0.15, -0.1) is 10.2 Å². The Morgan fingerprint density at radius 2 is 1.92 bits per heavy atom. The molecule has 0 fully saturated rings. The highest BCUT2D eigenvalue weighted by atomic mass is 16.5. The molecule has 0 spiro atoms. The first kappa shape index (κ1) is 17.7. The zero-order chi connectivity index (χ0) is 18.4. The Kier molecular flexibility index (Phi) is 5.63. The van der Waals surface area contributed by atoms with Crippen molar-refractivity contribution in [1.82, 2.24) is 14.9 Å². The molecule has 6 heteroatoms. The van der Waals surface area contributed by atoms with Crippen LogP contribution < -0.4 is 9.47 Å². The number of benzene rings is 2. The molecule has 0 unspecified atom stereocenters. The quantitative estimate of drug-likeness (QED) is 0.607. The van der Waals surface area contributed by atoms with Gasteiger partial charge < -0.3 is 9.47 Å². The summed E-state index contributed by atoms with van der Waals surface area (Å²) in [5.41, 5.74) is 1.85. The van der Waals surface area contributed by atoms with Crippen LogP contribution in [0.15, 0.2) is 60.0 Å². The summed E-state index contributed by atoms with van der Waals surface area (Å²) in [4.78, 5) is 0. The summed E-state index contributed by atoms with van der Waals surface area (Å²) in [6.07, 6.45) is 3.32. The van der Waals surface area contributed by atoms with Crippen LogP contribution in [0.25, 0.3) is 11.4 Å². The van der Waals surface area contributed by atoms with Crippen molar-refractivity contribution in [2.45, 2.75) is 13.8 Å². The van der Waals surface area contributed by atoms with E-state index in [2.05, 4.69) is 29.1 Å². The van der Waals surface area contributed by atoms with Crippen LogP contribution in [0.5, 0.6) is 11.5 Å². The van der Waals surface area contributed by atoms with Gasteiger partial charge in [0.05, 0.1) is 19.9 Å². The lowest BCUT2D eigenvalue weighted by Gasteiger charge is -2.12. The molecule has 0 aliphatic rings. The second-order valence-corrected chi connectivity index (χ2v) is 6.22. The smallest absolute Gasteiger partial charge is 0.184 e. The van der Waals surface area contributed by atoms with Crippen molar-refractivity contribution < 1.29 is 9.47 Å². The van der Waals surface area contributed by atoms with E-state index in [9.17, 15) is 0 Å². The fourth-order valence-corrected chi connectivity index (χ4v) is 2.36. The summed E-state index contributed by atoms with van der Waals surface area (Å²) in [5, 5.41) is 12.6. The van der Waals surface area contributed by atoms with Gasteiger partial charge in [-0.05, 0) is 29.7 Å². The van der Waals surface area contributed by atoms with E-state index in [-0.39, 0.29) is 0 Å². The lowest BCUT2D eigenvalue weighted by atomic mass is 10.2. The van der Waals surface area contributed by atoms with E-state index in [1.165, 1.54) is 0 Å². The Balaban J connectivity index is 1.80. The van der Waals surface area contributed by atoms with Crippen LogP contribution in [0.1, 0.15) is 19.4 Å². The normalized spacial score (nSPS) is 11.2. The highest BCUT2D eigenvalue weighted by Gasteiger charge is 2.07. The van der Waals surface area contributed by atoms with Crippen LogP contribution in [0.4, 0.5) is 0 Å². The molecule has 0 radical (unpaired) electrons. The third-order valence-corrected chi connectivity index (χ3v) is 3.65. The van der Waals surface area contributed by atoms with Crippen LogP contribution in [-0.4, -0.2) is 34.8 Å². The second kappa shape index (κ2) is 8.29. The summed E-state index contributed by atoms with van der Waals surface area (Å²) in [5.74, 6) is 2.55. The van der Waals surface area contributed by atoms with Gasteiger partial charge in [-0.2, -0.15) is 9.78 Å². The molecule has 26 heavy (non-hydrogen) atoms. The van der Waals surface area contributed by atoms with E-state index in [0.29, 0.717) is 24.1 Å². The highest BCUT2D eigenvalue weighted by molar-refractivity contribution is 5.81. The lowest BCUT2D eigenvalue weighted by Crippen LogP contribution is -2.05. The predicted molar refractivity (Wildman–Crippen MR) is 102 cm³/mol. The number of nitrogens with zero attached hydrogens (tertiary/aromatic N) is 4. The van der Waals surface area contributed by atoms with Crippen molar-refractivity contribution in [2.75, 3.05) is 13.7 Å². The Morgan fingerprint density at radius 3 is 2.65 bits per heavy atom. The van der Waals surface area contributed by atoms with E-state index in [0.717, 1.165) is 16.9 Å². The molecule has 0 saturated heterocycles. The summed E-state index contributed by atoms with van der Waals surface area (Å²) in [6.45, 7) is 4.86. The van der Waals surface area contributed by atoms with Gasteiger partial charge in [0.2, 0.25) is 0 Å². The maximum atomic E-state index is 5.78. The number of aromatic nitrogens is 3. The molecular weight excluding hydrogens is 328 g/mol. The monoisotopic (exact) mass is 350 g/mol. The molecule has 0 aliphatic heterocycles. The minimum absolute atomic E-state index is 0.450. The molecule has 6 nitrogen and oxygen atoms in total. The van der Waals surface area contributed by atoms with Gasteiger partial charge in [0, 0.05) is 5.56 Å². The molecule has 2 aromatic carbocycles. The topological polar surface area (TPSA) is 61.5 Å². The average molecular weight is 350 g/mol. The van der Waals surface area contributed by atoms with Gasteiger partial charge in [-0.25, -0.2) is 0 Å². The zero-order valence-corrected chi connectivity index (χ0v) is 15.2. The maximum Gasteiger partial charge on any atom is 0.184 e. The van der Waals surface area contributed by atoms with Gasteiger partial charge in [0.25, 0.3) is 0 Å². The molecular formula is C20H22N4O2. The number of ether oxygens (including phenoxy) is 2. The molecule has 0 saturated carbocycles. The molecule has 0 aliphatic carbocycles. The Labute approximate surface area is 153 Å². The number of hydrogen-bond acceptors (Lipinski definition) is 5. The highest BCUT2D eigenvalue weighted by Crippen LogP contribution is 2.28. The molecule has 1 heterocycles. The number of methoxy groups -OCH3 is 1. The molecule has 1 aromatic heterocycles. The van der Waals surface area contributed by atoms with Gasteiger partial charge in [0.15, 0.2) is 17.3 Å². The molecule has 134 valence electrons. The lowest BCUT2D eigenvalue weighted by molar-refractivity contribution is 0.257. The Hall–Kier alpha value is -3.15. The van der Waals surface area contributed by atoms with Crippen molar-refractivity contribution in [1.29, 1.82) is 0 Å². The van der Waals surface area contributed by atoms with Crippen LogP contribution in [0.2, 0.25) is 0 Å². The molecule has 3 rings (SSSR count). The standard InChI is InChI=1S/C20H22N4O2/c1-15(2)13-26-18-10-9-16(11-19(18)25-3)12-22-24-14-21-23-20(24)17-7-5-4-6-8-17/h4-12,14-15H,13H2,1-3H3/b22-12-. The third kappa shape index (κ3) is 4.27. The zero-order valence-electron chi connectivity index (χ0n) is 15.2. The average Bonchev–Trinajstić information content (AvgIpc) is 3.14. The van der Waals surface area contributed by atoms with E-state index in [4.69, 9.17) is 9.47 Å². The first-order valence-corrected chi connectivity index (χ1v) is 8.48. The Bertz CT molecular complexity index is 873. The van der Waals surface area contributed by atoms with E-state index in [1.54, 1.807) is 24.3 Å². The summed E-state index contributed by atoms with van der Waals surface area (Å²) in [6, 6.07) is 15.5. The van der Waals surface area contributed by atoms with Crippen molar-refractivity contribution in [2.24, 2.45) is 11.0 Å².